The number of hydrogen-bond acceptors (Lipinski definition) is 3. The van der Waals surface area contributed by atoms with Crippen LogP contribution < -0.4 is 10.4 Å². The zero-order chi connectivity index (χ0) is 17.2. The van der Waals surface area contributed by atoms with Crippen LogP contribution in [0, 0.1) is 5.92 Å². The van der Waals surface area contributed by atoms with Crippen LogP contribution in [-0.4, -0.2) is 17.7 Å². The van der Waals surface area contributed by atoms with Gasteiger partial charge in [-0.05, 0) is 34.8 Å². The normalized spacial score (nSPS) is 25.8. The lowest BCUT2D eigenvalue weighted by Crippen LogP contribution is -2.41. The highest BCUT2D eigenvalue weighted by atomic mass is 16.5. The predicted molar refractivity (Wildman–Crippen MR) is 92.6 cm³/mol. The Hall–Kier alpha value is -2.16. The lowest BCUT2D eigenvalue weighted by Gasteiger charge is -2.27. The van der Waals surface area contributed by atoms with Crippen LogP contribution in [0.5, 0.6) is 0 Å². The summed E-state index contributed by atoms with van der Waals surface area (Å²) in [4.78, 5) is 25.4. The minimum Gasteiger partial charge on any atom is -0.494 e. The van der Waals surface area contributed by atoms with Gasteiger partial charge in [0.25, 0.3) is 0 Å². The molecular weight excluding hydrogens is 300 g/mol. The molecule has 0 saturated carbocycles. The highest BCUT2D eigenvalue weighted by molar-refractivity contribution is 6.57. The summed E-state index contributed by atoms with van der Waals surface area (Å²) in [7, 11) is 0. The van der Waals surface area contributed by atoms with Gasteiger partial charge in [-0.2, -0.15) is 0 Å². The first-order valence-electron chi connectivity index (χ1n) is 8.61. The molecule has 1 heterocycles. The fourth-order valence-electron chi connectivity index (χ4n) is 3.98. The van der Waals surface area contributed by atoms with Crippen molar-refractivity contribution in [3.8, 4) is 0 Å². The average Bonchev–Trinajstić information content (AvgIpc) is 2.92. The zero-order valence-corrected chi connectivity index (χ0v) is 14.6. The van der Waals surface area contributed by atoms with E-state index in [1.54, 1.807) is 0 Å². The maximum Gasteiger partial charge on any atom is 0.232 e. The van der Waals surface area contributed by atoms with Crippen molar-refractivity contribution < 1.29 is 14.3 Å². The van der Waals surface area contributed by atoms with E-state index in [-0.39, 0.29) is 29.0 Å². The number of benzene rings is 1. The first-order valence-corrected chi connectivity index (χ1v) is 8.61. The summed E-state index contributed by atoms with van der Waals surface area (Å²) in [6, 6.07) is 6.27. The average molecular weight is 322 g/mol. The van der Waals surface area contributed by atoms with Crippen molar-refractivity contribution in [1.29, 1.82) is 0 Å². The summed E-state index contributed by atoms with van der Waals surface area (Å²) in [5.74, 6) is -0.0606. The van der Waals surface area contributed by atoms with Gasteiger partial charge in [-0.25, -0.2) is 0 Å². The van der Waals surface area contributed by atoms with Crippen molar-refractivity contribution in [3.05, 3.63) is 45.5 Å². The van der Waals surface area contributed by atoms with Crippen molar-refractivity contribution >= 4 is 23.2 Å². The number of Topliss-reactive ketones (excluding diaryl/α,β-unsaturated/α-hetero) is 2. The summed E-state index contributed by atoms with van der Waals surface area (Å²) in [5.41, 5.74) is 2.40. The summed E-state index contributed by atoms with van der Waals surface area (Å²) < 4.78 is 5.93. The number of carbonyl (C=O) groups is 2. The summed E-state index contributed by atoms with van der Waals surface area (Å²) in [6.07, 6.45) is 3.42. The molecule has 124 valence electrons. The topological polar surface area (TPSA) is 43.4 Å². The quantitative estimate of drug-likeness (QED) is 0.688. The monoisotopic (exact) mass is 322 g/mol. The fraction of sp³-hybridized carbons (Fsp3) is 0.429. The minimum atomic E-state index is -0.366. The van der Waals surface area contributed by atoms with Crippen molar-refractivity contribution in [2.75, 3.05) is 0 Å². The van der Waals surface area contributed by atoms with Gasteiger partial charge in [0.2, 0.25) is 11.6 Å². The lowest BCUT2D eigenvalue weighted by atomic mass is 9.76. The SMILES string of the molecule is CC1CC2=C(O1)C1CC=c3ccc(C(C)(C)C)cc3=C1C(=O)C2=O. The molecule has 1 aliphatic heterocycles. The second-order valence-electron chi connectivity index (χ2n) is 8.09. The van der Waals surface area contributed by atoms with E-state index in [4.69, 9.17) is 4.74 Å². The molecule has 2 unspecified atom stereocenters. The van der Waals surface area contributed by atoms with Gasteiger partial charge in [0.1, 0.15) is 5.76 Å². The van der Waals surface area contributed by atoms with Gasteiger partial charge in [-0.1, -0.05) is 45.0 Å². The molecule has 0 bridgehead atoms. The minimum absolute atomic E-state index is 0.00689. The number of allylic oxidation sites excluding steroid dienone is 1. The summed E-state index contributed by atoms with van der Waals surface area (Å²) >= 11 is 0. The first-order chi connectivity index (χ1) is 11.3. The van der Waals surface area contributed by atoms with Gasteiger partial charge in [0, 0.05) is 17.6 Å². The largest absolute Gasteiger partial charge is 0.494 e. The summed E-state index contributed by atoms with van der Waals surface area (Å²) in [6.45, 7) is 8.41. The first kappa shape index (κ1) is 15.4. The van der Waals surface area contributed by atoms with Crippen LogP contribution in [0.3, 0.4) is 0 Å². The van der Waals surface area contributed by atoms with Gasteiger partial charge in [-0.3, -0.25) is 9.59 Å². The Morgan fingerprint density at radius 3 is 2.58 bits per heavy atom. The molecule has 3 heteroatoms. The summed E-state index contributed by atoms with van der Waals surface area (Å²) in [5, 5.41) is 1.96. The van der Waals surface area contributed by atoms with E-state index in [1.165, 1.54) is 5.56 Å². The third-order valence-electron chi connectivity index (χ3n) is 5.29. The van der Waals surface area contributed by atoms with E-state index < -0.39 is 0 Å². The second kappa shape index (κ2) is 4.92. The molecule has 0 radical (unpaired) electrons. The van der Waals surface area contributed by atoms with Gasteiger partial charge in [-0.15, -0.1) is 0 Å². The Morgan fingerprint density at radius 2 is 1.88 bits per heavy atom. The Balaban J connectivity index is 2.00. The maximum atomic E-state index is 12.8. The van der Waals surface area contributed by atoms with Crippen LogP contribution in [-0.2, 0) is 19.7 Å². The van der Waals surface area contributed by atoms with Crippen LogP contribution >= 0.6 is 0 Å². The van der Waals surface area contributed by atoms with Crippen LogP contribution in [0.15, 0.2) is 29.5 Å². The molecule has 0 fully saturated rings. The Bertz CT molecular complexity index is 925. The molecule has 0 spiro atoms. The molecule has 4 rings (SSSR count). The zero-order valence-electron chi connectivity index (χ0n) is 14.6. The van der Waals surface area contributed by atoms with Crippen LogP contribution in [0.1, 0.15) is 46.1 Å². The van der Waals surface area contributed by atoms with E-state index in [1.807, 2.05) is 6.92 Å². The molecule has 3 aliphatic rings. The van der Waals surface area contributed by atoms with Gasteiger partial charge in [0.05, 0.1) is 12.0 Å². The van der Waals surface area contributed by atoms with Crippen molar-refractivity contribution in [3.63, 3.8) is 0 Å². The number of hydrogen-bond donors (Lipinski definition) is 0. The highest BCUT2D eigenvalue weighted by Crippen LogP contribution is 2.41. The van der Waals surface area contributed by atoms with Crippen molar-refractivity contribution in [2.45, 2.75) is 52.1 Å². The molecule has 0 N–H and O–H groups in total. The maximum absolute atomic E-state index is 12.8. The second-order valence-corrected chi connectivity index (χ2v) is 8.09. The Labute approximate surface area is 141 Å². The molecule has 0 aromatic heterocycles. The Morgan fingerprint density at radius 1 is 1.12 bits per heavy atom. The molecule has 0 saturated heterocycles. The van der Waals surface area contributed by atoms with E-state index in [9.17, 15) is 9.59 Å². The number of ketones is 2. The highest BCUT2D eigenvalue weighted by Gasteiger charge is 2.44. The van der Waals surface area contributed by atoms with Gasteiger partial charge >= 0.3 is 0 Å². The van der Waals surface area contributed by atoms with Crippen molar-refractivity contribution in [1.82, 2.24) is 0 Å². The van der Waals surface area contributed by atoms with Crippen LogP contribution in [0.2, 0.25) is 0 Å². The standard InChI is InChI=1S/C21H22O3/c1-11-9-16-18(22)19(23)17-14(20(16)24-11)8-6-12-5-7-13(10-15(12)17)21(2,3)4/h5-7,10-11,14H,8-9H2,1-4H3. The lowest BCUT2D eigenvalue weighted by molar-refractivity contribution is -0.131. The number of ether oxygens (including phenoxy) is 1. The predicted octanol–water partition coefficient (Wildman–Crippen LogP) is 2.15. The van der Waals surface area contributed by atoms with Gasteiger partial charge in [0.15, 0.2) is 0 Å². The molecule has 1 aromatic carbocycles. The molecule has 2 atom stereocenters. The third-order valence-corrected chi connectivity index (χ3v) is 5.29. The molecule has 3 nitrogen and oxygen atoms in total. The van der Waals surface area contributed by atoms with E-state index in [0.29, 0.717) is 17.6 Å². The molecule has 24 heavy (non-hydrogen) atoms. The van der Waals surface area contributed by atoms with Crippen LogP contribution in [0.25, 0.3) is 11.6 Å². The molecule has 0 amide bonds. The number of fused-ring (bicyclic) bond motifs is 3. The number of rotatable bonds is 0. The van der Waals surface area contributed by atoms with Crippen molar-refractivity contribution in [2.24, 2.45) is 5.92 Å². The fourth-order valence-corrected chi connectivity index (χ4v) is 3.98. The number of carbonyl (C=O) groups excluding carboxylic acids is 2. The Kier molecular flexibility index (Phi) is 3.15. The van der Waals surface area contributed by atoms with E-state index >= 15 is 0 Å². The smallest absolute Gasteiger partial charge is 0.232 e. The molecule has 2 aliphatic carbocycles. The molecule has 1 aromatic rings. The van der Waals surface area contributed by atoms with Gasteiger partial charge < -0.3 is 4.74 Å². The van der Waals surface area contributed by atoms with Crippen LogP contribution in [0.4, 0.5) is 0 Å². The van der Waals surface area contributed by atoms with E-state index in [0.717, 1.165) is 22.6 Å². The third kappa shape index (κ3) is 2.10. The van der Waals surface area contributed by atoms with E-state index in [2.05, 4.69) is 45.0 Å². The molecular formula is C21H22O3.